The number of carboxylic acids is 1. The minimum absolute atomic E-state index is 0.262. The molecule has 0 unspecified atom stereocenters. The molecule has 0 amide bonds. The van der Waals surface area contributed by atoms with Crippen LogP contribution in [-0.2, 0) is 0 Å². The lowest BCUT2D eigenvalue weighted by molar-refractivity contribution is 0.0695. The first-order chi connectivity index (χ1) is 8.58. The molecule has 1 N–H and O–H groups in total. The molecule has 0 aliphatic carbocycles. The zero-order valence-electron chi connectivity index (χ0n) is 9.06. The number of benzene rings is 2. The topological polar surface area (TPSA) is 46.5 Å². The van der Waals surface area contributed by atoms with Crippen LogP contribution in [0.2, 0.25) is 0 Å². The Morgan fingerprint density at radius 1 is 1.06 bits per heavy atom. The Bertz CT molecular complexity index is 559. The van der Waals surface area contributed by atoms with Crippen LogP contribution in [-0.4, -0.2) is 11.1 Å². The second-order valence-corrected chi connectivity index (χ2v) is 3.49. The zero-order chi connectivity index (χ0) is 13.1. The van der Waals surface area contributed by atoms with Gasteiger partial charge in [-0.05, 0) is 24.3 Å². The van der Waals surface area contributed by atoms with E-state index in [9.17, 15) is 13.6 Å². The lowest BCUT2D eigenvalue weighted by Gasteiger charge is -2.08. The van der Waals surface area contributed by atoms with E-state index in [0.29, 0.717) is 12.1 Å². The van der Waals surface area contributed by atoms with E-state index in [1.54, 1.807) is 18.2 Å². The molecule has 0 heterocycles. The zero-order valence-corrected chi connectivity index (χ0v) is 9.06. The normalized spacial score (nSPS) is 10.1. The number of carboxylic acid groups (broad SMARTS) is 1. The third-order valence-corrected chi connectivity index (χ3v) is 2.21. The number of rotatable bonds is 3. The summed E-state index contributed by atoms with van der Waals surface area (Å²) in [5, 5.41) is 8.64. The monoisotopic (exact) mass is 250 g/mol. The summed E-state index contributed by atoms with van der Waals surface area (Å²) in [4.78, 5) is 10.6. The number of hydrogen-bond acceptors (Lipinski definition) is 2. The molecule has 2 rings (SSSR count). The van der Waals surface area contributed by atoms with Gasteiger partial charge in [-0.1, -0.05) is 18.2 Å². The smallest absolute Gasteiger partial charge is 0.335 e. The van der Waals surface area contributed by atoms with Gasteiger partial charge >= 0.3 is 5.97 Å². The van der Waals surface area contributed by atoms with Gasteiger partial charge in [-0.2, -0.15) is 0 Å². The molecule has 0 aromatic heterocycles. The summed E-state index contributed by atoms with van der Waals surface area (Å²) in [6.07, 6.45) is 0. The number of para-hydroxylation sites is 1. The van der Waals surface area contributed by atoms with Crippen LogP contribution in [0.25, 0.3) is 0 Å². The molecule has 0 aliphatic rings. The van der Waals surface area contributed by atoms with E-state index in [1.165, 1.54) is 12.1 Å². The second-order valence-electron chi connectivity index (χ2n) is 3.49. The minimum Gasteiger partial charge on any atom is -0.478 e. The highest BCUT2D eigenvalue weighted by Crippen LogP contribution is 2.28. The quantitative estimate of drug-likeness (QED) is 0.907. The van der Waals surface area contributed by atoms with Gasteiger partial charge in [-0.15, -0.1) is 0 Å². The average molecular weight is 250 g/mol. The highest BCUT2D eigenvalue weighted by molar-refractivity contribution is 5.87. The van der Waals surface area contributed by atoms with Crippen LogP contribution in [0.1, 0.15) is 10.4 Å². The summed E-state index contributed by atoms with van der Waals surface area (Å²) in [5.74, 6) is -3.88. The summed E-state index contributed by atoms with van der Waals surface area (Å²) < 4.78 is 32.1. The highest BCUT2D eigenvalue weighted by atomic mass is 19.1. The van der Waals surface area contributed by atoms with Crippen LogP contribution in [0.15, 0.2) is 42.5 Å². The second kappa shape index (κ2) is 4.83. The molecule has 3 nitrogen and oxygen atoms in total. The van der Waals surface area contributed by atoms with E-state index in [1.807, 2.05) is 0 Å². The number of hydrogen-bond donors (Lipinski definition) is 1. The SMILES string of the molecule is O=C(O)c1cc(F)c(Oc2ccccc2)c(F)c1. The van der Waals surface area contributed by atoms with Crippen molar-refractivity contribution in [3.8, 4) is 11.5 Å². The van der Waals surface area contributed by atoms with Gasteiger partial charge < -0.3 is 9.84 Å². The number of halogens is 2. The van der Waals surface area contributed by atoms with Gasteiger partial charge in [0, 0.05) is 0 Å². The predicted octanol–water partition coefficient (Wildman–Crippen LogP) is 3.46. The third kappa shape index (κ3) is 2.45. The lowest BCUT2D eigenvalue weighted by Crippen LogP contribution is -2.01. The van der Waals surface area contributed by atoms with Crippen LogP contribution >= 0.6 is 0 Å². The highest BCUT2D eigenvalue weighted by Gasteiger charge is 2.16. The number of aromatic carboxylic acids is 1. The van der Waals surface area contributed by atoms with E-state index in [0.717, 1.165) is 0 Å². The standard InChI is InChI=1S/C13H8F2O3/c14-10-6-8(13(16)17)7-11(15)12(10)18-9-4-2-1-3-5-9/h1-7H,(H,16,17). The first-order valence-electron chi connectivity index (χ1n) is 5.03. The predicted molar refractivity (Wildman–Crippen MR) is 59.8 cm³/mol. The molecule has 0 aliphatic heterocycles. The van der Waals surface area contributed by atoms with E-state index in [2.05, 4.69) is 0 Å². The van der Waals surface area contributed by atoms with Gasteiger partial charge in [0.2, 0.25) is 0 Å². The first-order valence-corrected chi connectivity index (χ1v) is 5.03. The number of ether oxygens (including phenoxy) is 1. The fourth-order valence-corrected chi connectivity index (χ4v) is 1.39. The van der Waals surface area contributed by atoms with Crippen molar-refractivity contribution in [1.82, 2.24) is 0 Å². The average Bonchev–Trinajstić information content (AvgIpc) is 2.34. The molecule has 0 atom stereocenters. The Morgan fingerprint density at radius 2 is 1.61 bits per heavy atom. The molecule has 0 spiro atoms. The molecule has 5 heteroatoms. The van der Waals surface area contributed by atoms with Gasteiger partial charge in [0.05, 0.1) is 5.56 Å². The van der Waals surface area contributed by atoms with Crippen molar-refractivity contribution in [2.24, 2.45) is 0 Å². The van der Waals surface area contributed by atoms with E-state index in [-0.39, 0.29) is 5.75 Å². The molecule has 2 aromatic carbocycles. The van der Waals surface area contributed by atoms with Gasteiger partial charge in [0.25, 0.3) is 0 Å². The van der Waals surface area contributed by atoms with Crippen molar-refractivity contribution in [1.29, 1.82) is 0 Å². The third-order valence-electron chi connectivity index (χ3n) is 2.21. The molecule has 0 radical (unpaired) electrons. The molecule has 0 saturated heterocycles. The van der Waals surface area contributed by atoms with Gasteiger partial charge in [-0.3, -0.25) is 0 Å². The van der Waals surface area contributed by atoms with Gasteiger partial charge in [-0.25, -0.2) is 13.6 Å². The molecule has 0 fully saturated rings. The summed E-state index contributed by atoms with van der Waals surface area (Å²) >= 11 is 0. The maximum atomic E-state index is 13.5. The Morgan fingerprint density at radius 3 is 2.11 bits per heavy atom. The minimum atomic E-state index is -1.40. The van der Waals surface area contributed by atoms with E-state index < -0.39 is 28.9 Å². The van der Waals surface area contributed by atoms with Crippen molar-refractivity contribution in [2.45, 2.75) is 0 Å². The maximum Gasteiger partial charge on any atom is 0.335 e. The van der Waals surface area contributed by atoms with Crippen LogP contribution in [0.4, 0.5) is 8.78 Å². The van der Waals surface area contributed by atoms with E-state index >= 15 is 0 Å². The molecule has 2 aromatic rings. The largest absolute Gasteiger partial charge is 0.478 e. The summed E-state index contributed by atoms with van der Waals surface area (Å²) in [6, 6.07) is 9.52. The fraction of sp³-hybridized carbons (Fsp3) is 0. The van der Waals surface area contributed by atoms with E-state index in [4.69, 9.17) is 9.84 Å². The van der Waals surface area contributed by atoms with Crippen LogP contribution in [0.3, 0.4) is 0 Å². The fourth-order valence-electron chi connectivity index (χ4n) is 1.39. The Hall–Kier alpha value is -2.43. The number of carbonyl (C=O) groups is 1. The van der Waals surface area contributed by atoms with Crippen molar-refractivity contribution < 1.29 is 23.4 Å². The van der Waals surface area contributed by atoms with Crippen LogP contribution < -0.4 is 4.74 Å². The van der Waals surface area contributed by atoms with Crippen LogP contribution in [0.5, 0.6) is 11.5 Å². The molecule has 0 bridgehead atoms. The Labute approximate surface area is 101 Å². The summed E-state index contributed by atoms with van der Waals surface area (Å²) in [7, 11) is 0. The summed E-state index contributed by atoms with van der Waals surface area (Å²) in [6.45, 7) is 0. The molecular weight excluding hydrogens is 242 g/mol. The summed E-state index contributed by atoms with van der Waals surface area (Å²) in [5.41, 5.74) is -0.467. The first kappa shape index (κ1) is 12.0. The van der Waals surface area contributed by atoms with Gasteiger partial charge in [0.1, 0.15) is 5.75 Å². The van der Waals surface area contributed by atoms with Crippen molar-refractivity contribution in [3.63, 3.8) is 0 Å². The van der Waals surface area contributed by atoms with Crippen molar-refractivity contribution in [2.75, 3.05) is 0 Å². The lowest BCUT2D eigenvalue weighted by atomic mass is 10.2. The van der Waals surface area contributed by atoms with Crippen molar-refractivity contribution in [3.05, 3.63) is 59.7 Å². The molecule has 92 valence electrons. The Kier molecular flexibility index (Phi) is 3.23. The molecule has 0 saturated carbocycles. The maximum absolute atomic E-state index is 13.5. The van der Waals surface area contributed by atoms with Crippen LogP contribution in [0, 0.1) is 11.6 Å². The van der Waals surface area contributed by atoms with Gasteiger partial charge in [0.15, 0.2) is 17.4 Å². The molecular formula is C13H8F2O3. The molecule has 18 heavy (non-hydrogen) atoms. The Balaban J connectivity index is 2.37. The van der Waals surface area contributed by atoms with Crippen molar-refractivity contribution >= 4 is 5.97 Å².